The first-order valence-corrected chi connectivity index (χ1v) is 5.38. The van der Waals surface area contributed by atoms with E-state index >= 15 is 0 Å². The van der Waals surface area contributed by atoms with Crippen LogP contribution in [0, 0.1) is 5.92 Å². The number of hydrogen-bond acceptors (Lipinski definition) is 2. The number of carbonyl (C=O) groups excluding carboxylic acids is 1. The molecule has 0 aromatic heterocycles. The van der Waals surface area contributed by atoms with Crippen LogP contribution in [0.25, 0.3) is 0 Å². The summed E-state index contributed by atoms with van der Waals surface area (Å²) in [5.41, 5.74) is 0. The fourth-order valence-corrected chi connectivity index (χ4v) is 2.15. The third-order valence-corrected chi connectivity index (χ3v) is 3.46. The Morgan fingerprint density at radius 1 is 1.38 bits per heavy atom. The Hall–Kier alpha value is 0.0500. The molecule has 0 bridgehead atoms. The van der Waals surface area contributed by atoms with Gasteiger partial charge in [-0.1, -0.05) is 0 Å². The molecule has 0 spiro atoms. The van der Waals surface area contributed by atoms with Crippen molar-refractivity contribution in [3.8, 4) is 0 Å². The first kappa shape index (κ1) is 11.1. The number of halogens is 2. The number of esters is 1. The molecular weight excluding hydrogens is 211 g/mol. The van der Waals surface area contributed by atoms with Crippen LogP contribution in [-0.4, -0.2) is 23.3 Å². The summed E-state index contributed by atoms with van der Waals surface area (Å²) in [5, 5.41) is 0.103. The van der Waals surface area contributed by atoms with E-state index in [4.69, 9.17) is 27.9 Å². The van der Waals surface area contributed by atoms with Gasteiger partial charge in [0.1, 0.15) is 0 Å². The van der Waals surface area contributed by atoms with Gasteiger partial charge in [0.25, 0.3) is 0 Å². The highest BCUT2D eigenvalue weighted by Crippen LogP contribution is 2.31. The Balaban J connectivity index is 2.25. The third kappa shape index (κ3) is 3.74. The van der Waals surface area contributed by atoms with Gasteiger partial charge in [-0.3, -0.25) is 4.79 Å². The molecular formula is C9H14Cl2O2. The molecule has 0 unspecified atom stereocenters. The number of ether oxygens (including phenoxy) is 1. The highest BCUT2D eigenvalue weighted by molar-refractivity contribution is 6.30. The molecule has 3 atom stereocenters. The standard InChI is InChI=1S/C9H14Cl2O2/c1-6(12)13-5-7-2-3-8(10)9(11)4-7/h7-9H,2-5H2,1H3/t7-,8-,9-/m0/s1. The summed E-state index contributed by atoms with van der Waals surface area (Å²) >= 11 is 12.0. The maximum Gasteiger partial charge on any atom is 0.302 e. The van der Waals surface area contributed by atoms with E-state index in [1.54, 1.807) is 0 Å². The second-order valence-corrected chi connectivity index (χ2v) is 4.63. The Kier molecular flexibility index (Phi) is 4.33. The number of carbonyl (C=O) groups is 1. The summed E-state index contributed by atoms with van der Waals surface area (Å²) in [6.07, 6.45) is 2.77. The van der Waals surface area contributed by atoms with E-state index in [1.807, 2.05) is 0 Å². The quantitative estimate of drug-likeness (QED) is 0.533. The Labute approximate surface area is 88.5 Å². The van der Waals surface area contributed by atoms with Crippen molar-refractivity contribution in [2.24, 2.45) is 5.92 Å². The first-order chi connectivity index (χ1) is 6.09. The van der Waals surface area contributed by atoms with Crippen LogP contribution in [0.4, 0.5) is 0 Å². The van der Waals surface area contributed by atoms with Gasteiger partial charge in [-0.05, 0) is 25.2 Å². The Morgan fingerprint density at radius 3 is 2.62 bits per heavy atom. The number of rotatable bonds is 2. The van der Waals surface area contributed by atoms with E-state index in [2.05, 4.69) is 0 Å². The summed E-state index contributed by atoms with van der Waals surface area (Å²) in [7, 11) is 0. The Morgan fingerprint density at radius 2 is 2.08 bits per heavy atom. The predicted molar refractivity (Wildman–Crippen MR) is 53.3 cm³/mol. The van der Waals surface area contributed by atoms with Gasteiger partial charge in [-0.15, -0.1) is 23.2 Å². The predicted octanol–water partition coefficient (Wildman–Crippen LogP) is 2.56. The number of hydrogen-bond donors (Lipinski definition) is 0. The summed E-state index contributed by atoms with van der Waals surface area (Å²) in [6.45, 7) is 1.91. The SMILES string of the molecule is CC(=O)OC[C@H]1CC[C@H](Cl)[C@@H](Cl)C1. The lowest BCUT2D eigenvalue weighted by Crippen LogP contribution is -2.28. The van der Waals surface area contributed by atoms with Crippen molar-refractivity contribution in [2.75, 3.05) is 6.61 Å². The van der Waals surface area contributed by atoms with Gasteiger partial charge in [0, 0.05) is 12.3 Å². The van der Waals surface area contributed by atoms with Gasteiger partial charge in [0.05, 0.1) is 12.0 Å². The zero-order valence-electron chi connectivity index (χ0n) is 7.63. The smallest absolute Gasteiger partial charge is 0.302 e. The molecule has 1 saturated carbocycles. The average Bonchev–Trinajstić information content (AvgIpc) is 2.07. The molecule has 0 radical (unpaired) electrons. The van der Waals surface area contributed by atoms with Crippen molar-refractivity contribution >= 4 is 29.2 Å². The van der Waals surface area contributed by atoms with Gasteiger partial charge in [-0.2, -0.15) is 0 Å². The minimum atomic E-state index is -0.223. The van der Waals surface area contributed by atoms with Crippen molar-refractivity contribution in [3.63, 3.8) is 0 Å². The largest absolute Gasteiger partial charge is 0.466 e. The van der Waals surface area contributed by atoms with Crippen LogP contribution >= 0.6 is 23.2 Å². The minimum absolute atomic E-state index is 0.0241. The van der Waals surface area contributed by atoms with Crippen molar-refractivity contribution in [3.05, 3.63) is 0 Å². The third-order valence-electron chi connectivity index (χ3n) is 2.32. The van der Waals surface area contributed by atoms with E-state index in [1.165, 1.54) is 6.92 Å². The molecule has 2 nitrogen and oxygen atoms in total. The lowest BCUT2D eigenvalue weighted by atomic mass is 9.89. The van der Waals surface area contributed by atoms with E-state index in [9.17, 15) is 4.79 Å². The molecule has 13 heavy (non-hydrogen) atoms. The molecule has 76 valence electrons. The molecule has 0 saturated heterocycles. The van der Waals surface area contributed by atoms with Gasteiger partial charge >= 0.3 is 5.97 Å². The highest BCUT2D eigenvalue weighted by Gasteiger charge is 2.27. The molecule has 0 amide bonds. The molecule has 0 aliphatic heterocycles. The first-order valence-electron chi connectivity index (χ1n) is 4.51. The van der Waals surface area contributed by atoms with Crippen molar-refractivity contribution in [1.29, 1.82) is 0 Å². The summed E-state index contributed by atoms with van der Waals surface area (Å²) in [4.78, 5) is 10.6. The second kappa shape index (κ2) is 5.06. The Bertz CT molecular complexity index is 184. The van der Waals surface area contributed by atoms with Crippen LogP contribution in [-0.2, 0) is 9.53 Å². The lowest BCUT2D eigenvalue weighted by Gasteiger charge is -2.28. The van der Waals surface area contributed by atoms with Crippen molar-refractivity contribution in [2.45, 2.75) is 36.9 Å². The molecule has 0 aromatic carbocycles. The van der Waals surface area contributed by atoms with Crippen LogP contribution in [0.5, 0.6) is 0 Å². The van der Waals surface area contributed by atoms with Crippen LogP contribution in [0.2, 0.25) is 0 Å². The lowest BCUT2D eigenvalue weighted by molar-refractivity contribution is -0.142. The molecule has 0 N–H and O–H groups in total. The summed E-state index contributed by atoms with van der Waals surface area (Å²) in [5.74, 6) is 0.167. The molecule has 0 aromatic rings. The van der Waals surface area contributed by atoms with Crippen LogP contribution in [0.15, 0.2) is 0 Å². The zero-order valence-corrected chi connectivity index (χ0v) is 9.14. The fraction of sp³-hybridized carbons (Fsp3) is 0.889. The number of alkyl halides is 2. The fourth-order valence-electron chi connectivity index (χ4n) is 1.55. The topological polar surface area (TPSA) is 26.3 Å². The molecule has 1 aliphatic carbocycles. The summed E-state index contributed by atoms with van der Waals surface area (Å²) < 4.78 is 4.92. The van der Waals surface area contributed by atoms with E-state index in [0.29, 0.717) is 12.5 Å². The van der Waals surface area contributed by atoms with Crippen molar-refractivity contribution < 1.29 is 9.53 Å². The molecule has 0 heterocycles. The maximum absolute atomic E-state index is 10.6. The minimum Gasteiger partial charge on any atom is -0.466 e. The highest BCUT2D eigenvalue weighted by atomic mass is 35.5. The average molecular weight is 225 g/mol. The van der Waals surface area contributed by atoms with Crippen LogP contribution in [0.1, 0.15) is 26.2 Å². The van der Waals surface area contributed by atoms with Gasteiger partial charge < -0.3 is 4.74 Å². The van der Waals surface area contributed by atoms with E-state index in [-0.39, 0.29) is 16.7 Å². The van der Waals surface area contributed by atoms with Gasteiger partial charge in [-0.25, -0.2) is 0 Å². The normalized spacial score (nSPS) is 34.2. The van der Waals surface area contributed by atoms with Gasteiger partial charge in [0.15, 0.2) is 0 Å². The van der Waals surface area contributed by atoms with Crippen molar-refractivity contribution in [1.82, 2.24) is 0 Å². The second-order valence-electron chi connectivity index (χ2n) is 3.51. The van der Waals surface area contributed by atoms with E-state index in [0.717, 1.165) is 19.3 Å². The molecule has 1 fully saturated rings. The molecule has 1 aliphatic rings. The van der Waals surface area contributed by atoms with Gasteiger partial charge in [0.2, 0.25) is 0 Å². The maximum atomic E-state index is 10.6. The summed E-state index contributed by atoms with van der Waals surface area (Å²) in [6, 6.07) is 0. The van der Waals surface area contributed by atoms with E-state index < -0.39 is 0 Å². The molecule has 1 rings (SSSR count). The zero-order chi connectivity index (χ0) is 9.84. The monoisotopic (exact) mass is 224 g/mol. The molecule has 4 heteroatoms. The van der Waals surface area contributed by atoms with Crippen LogP contribution in [0.3, 0.4) is 0 Å². The van der Waals surface area contributed by atoms with Crippen LogP contribution < -0.4 is 0 Å².